The van der Waals surface area contributed by atoms with Gasteiger partial charge in [-0.25, -0.2) is 0 Å². The van der Waals surface area contributed by atoms with Gasteiger partial charge >= 0.3 is 5.97 Å². The van der Waals surface area contributed by atoms with Crippen molar-refractivity contribution >= 4 is 5.97 Å². The van der Waals surface area contributed by atoms with Gasteiger partial charge in [-0.3, -0.25) is 4.79 Å². The van der Waals surface area contributed by atoms with Gasteiger partial charge in [0.15, 0.2) is 0 Å². The molecule has 0 bridgehead atoms. The number of hydrogen-bond acceptors (Lipinski definition) is 3. The Labute approximate surface area is 140 Å². The lowest BCUT2D eigenvalue weighted by Gasteiger charge is -2.22. The Morgan fingerprint density at radius 1 is 1.22 bits per heavy atom. The molecule has 1 aromatic carbocycles. The van der Waals surface area contributed by atoms with Crippen molar-refractivity contribution in [1.82, 2.24) is 0 Å². The molecule has 1 saturated carbocycles. The van der Waals surface area contributed by atoms with Crippen LogP contribution in [-0.4, -0.2) is 18.6 Å². The number of carbonyl (C=O) groups is 1. The van der Waals surface area contributed by atoms with E-state index in [0.717, 1.165) is 12.3 Å². The smallest absolute Gasteiger partial charge is 0.308 e. The Hall–Kier alpha value is -1.35. The highest BCUT2D eigenvalue weighted by molar-refractivity contribution is 5.71. The minimum Gasteiger partial charge on any atom is -0.466 e. The van der Waals surface area contributed by atoms with Crippen LogP contribution in [0.25, 0.3) is 0 Å². The SMILES string of the molecule is CCOC(=O)[C@H](C)C[C@H](N)Cc1ccc(C2CCCCC2)cc1. The van der Waals surface area contributed by atoms with Crippen LogP contribution in [-0.2, 0) is 16.0 Å². The molecule has 3 nitrogen and oxygen atoms in total. The first-order valence-electron chi connectivity index (χ1n) is 9.11. The van der Waals surface area contributed by atoms with E-state index >= 15 is 0 Å². The van der Waals surface area contributed by atoms with Crippen LogP contribution in [0.3, 0.4) is 0 Å². The zero-order valence-corrected chi connectivity index (χ0v) is 14.6. The van der Waals surface area contributed by atoms with E-state index in [2.05, 4.69) is 24.3 Å². The molecule has 0 aliphatic heterocycles. The maximum atomic E-state index is 11.7. The Morgan fingerprint density at radius 3 is 2.48 bits per heavy atom. The predicted octanol–water partition coefficient (Wildman–Crippen LogP) is 4.19. The van der Waals surface area contributed by atoms with Crippen LogP contribution in [0, 0.1) is 5.92 Å². The summed E-state index contributed by atoms with van der Waals surface area (Å²) in [7, 11) is 0. The number of benzene rings is 1. The fourth-order valence-electron chi connectivity index (χ4n) is 3.58. The van der Waals surface area contributed by atoms with Crippen molar-refractivity contribution in [2.75, 3.05) is 6.61 Å². The maximum Gasteiger partial charge on any atom is 0.308 e. The summed E-state index contributed by atoms with van der Waals surface area (Å²) in [5.74, 6) is 0.470. The molecular formula is C20H31NO2. The van der Waals surface area contributed by atoms with Crippen LogP contribution >= 0.6 is 0 Å². The third kappa shape index (κ3) is 5.65. The van der Waals surface area contributed by atoms with Crippen LogP contribution in [0.1, 0.15) is 69.4 Å². The van der Waals surface area contributed by atoms with Crippen LogP contribution in [0.2, 0.25) is 0 Å². The lowest BCUT2D eigenvalue weighted by atomic mass is 9.83. The minimum absolute atomic E-state index is 0.00469. The third-order valence-corrected chi connectivity index (χ3v) is 4.90. The maximum absolute atomic E-state index is 11.7. The molecule has 0 saturated heterocycles. The summed E-state index contributed by atoms with van der Waals surface area (Å²) in [6.07, 6.45) is 8.26. The summed E-state index contributed by atoms with van der Waals surface area (Å²) in [6, 6.07) is 8.95. The molecule has 0 aromatic heterocycles. The quantitative estimate of drug-likeness (QED) is 0.767. The molecule has 1 aliphatic carbocycles. The first kappa shape index (κ1) is 18.0. The van der Waals surface area contributed by atoms with Gasteiger partial charge in [0.2, 0.25) is 0 Å². The van der Waals surface area contributed by atoms with Crippen molar-refractivity contribution < 1.29 is 9.53 Å². The topological polar surface area (TPSA) is 52.3 Å². The first-order valence-corrected chi connectivity index (χ1v) is 9.11. The zero-order chi connectivity index (χ0) is 16.7. The van der Waals surface area contributed by atoms with Gasteiger partial charge in [0.1, 0.15) is 0 Å². The summed E-state index contributed by atoms with van der Waals surface area (Å²) in [4.78, 5) is 11.7. The largest absolute Gasteiger partial charge is 0.466 e. The molecule has 1 aromatic rings. The molecule has 1 fully saturated rings. The third-order valence-electron chi connectivity index (χ3n) is 4.90. The van der Waals surface area contributed by atoms with E-state index in [9.17, 15) is 4.79 Å². The molecular weight excluding hydrogens is 286 g/mol. The second-order valence-corrected chi connectivity index (χ2v) is 6.93. The minimum atomic E-state index is -0.143. The van der Waals surface area contributed by atoms with E-state index in [-0.39, 0.29) is 17.9 Å². The molecule has 2 atom stereocenters. The molecule has 0 spiro atoms. The number of hydrogen-bond donors (Lipinski definition) is 1. The fraction of sp³-hybridized carbons (Fsp3) is 0.650. The number of carbonyl (C=O) groups excluding carboxylic acids is 1. The van der Waals surface area contributed by atoms with Gasteiger partial charge in [0.25, 0.3) is 0 Å². The van der Waals surface area contributed by atoms with Crippen LogP contribution in [0.5, 0.6) is 0 Å². The highest BCUT2D eigenvalue weighted by Gasteiger charge is 2.18. The van der Waals surface area contributed by atoms with Crippen molar-refractivity contribution in [2.24, 2.45) is 11.7 Å². The number of esters is 1. The summed E-state index contributed by atoms with van der Waals surface area (Å²) >= 11 is 0. The number of ether oxygens (including phenoxy) is 1. The average molecular weight is 317 g/mol. The van der Waals surface area contributed by atoms with Gasteiger partial charge in [0.05, 0.1) is 12.5 Å². The number of nitrogens with two attached hydrogens (primary N) is 1. The summed E-state index contributed by atoms with van der Waals surface area (Å²) in [6.45, 7) is 4.16. The first-order chi connectivity index (χ1) is 11.1. The van der Waals surface area contributed by atoms with Gasteiger partial charge in [-0.05, 0) is 49.7 Å². The molecule has 0 heterocycles. The van der Waals surface area contributed by atoms with Crippen molar-refractivity contribution in [2.45, 2.75) is 70.8 Å². The van der Waals surface area contributed by atoms with Gasteiger partial charge in [0, 0.05) is 6.04 Å². The van der Waals surface area contributed by atoms with Crippen molar-refractivity contribution in [3.8, 4) is 0 Å². The molecule has 128 valence electrons. The molecule has 0 unspecified atom stereocenters. The molecule has 23 heavy (non-hydrogen) atoms. The molecule has 2 N–H and O–H groups in total. The second kappa shape index (κ2) is 9.07. The van der Waals surface area contributed by atoms with Gasteiger partial charge in [-0.15, -0.1) is 0 Å². The van der Waals surface area contributed by atoms with E-state index < -0.39 is 0 Å². The summed E-state index contributed by atoms with van der Waals surface area (Å²) in [5.41, 5.74) is 8.95. The zero-order valence-electron chi connectivity index (χ0n) is 14.6. The van der Waals surface area contributed by atoms with E-state index in [1.807, 2.05) is 13.8 Å². The lowest BCUT2D eigenvalue weighted by molar-refractivity contribution is -0.147. The second-order valence-electron chi connectivity index (χ2n) is 6.93. The summed E-state index contributed by atoms with van der Waals surface area (Å²) in [5, 5.41) is 0. The predicted molar refractivity (Wildman–Crippen MR) is 94.4 cm³/mol. The van der Waals surface area contributed by atoms with E-state index in [0.29, 0.717) is 13.0 Å². The van der Waals surface area contributed by atoms with Crippen LogP contribution in [0.15, 0.2) is 24.3 Å². The Balaban J connectivity index is 1.83. The standard InChI is InChI=1S/C20H31NO2/c1-3-23-20(22)15(2)13-19(21)14-16-9-11-18(12-10-16)17-7-5-4-6-8-17/h9-12,15,17,19H,3-8,13-14,21H2,1-2H3/t15-,19+/m1/s1. The Kier molecular flexibility index (Phi) is 7.10. The van der Waals surface area contributed by atoms with Gasteiger partial charge in [-0.2, -0.15) is 0 Å². The number of rotatable bonds is 7. The Bertz CT molecular complexity index is 477. The monoisotopic (exact) mass is 317 g/mol. The van der Waals surface area contributed by atoms with Gasteiger partial charge < -0.3 is 10.5 Å². The van der Waals surface area contributed by atoms with Crippen molar-refractivity contribution in [3.05, 3.63) is 35.4 Å². The van der Waals surface area contributed by atoms with Crippen molar-refractivity contribution in [3.63, 3.8) is 0 Å². The average Bonchev–Trinajstić information content (AvgIpc) is 2.56. The molecule has 0 radical (unpaired) electrons. The molecule has 3 heteroatoms. The summed E-state index contributed by atoms with van der Waals surface area (Å²) < 4.78 is 5.04. The van der Waals surface area contributed by atoms with E-state index in [1.54, 1.807) is 0 Å². The van der Waals surface area contributed by atoms with E-state index in [1.165, 1.54) is 43.2 Å². The highest BCUT2D eigenvalue weighted by Crippen LogP contribution is 2.32. The van der Waals surface area contributed by atoms with E-state index in [4.69, 9.17) is 10.5 Å². The van der Waals surface area contributed by atoms with Crippen LogP contribution < -0.4 is 5.73 Å². The molecule has 1 aliphatic rings. The highest BCUT2D eigenvalue weighted by atomic mass is 16.5. The lowest BCUT2D eigenvalue weighted by Crippen LogP contribution is -2.29. The fourth-order valence-corrected chi connectivity index (χ4v) is 3.58. The van der Waals surface area contributed by atoms with Gasteiger partial charge in [-0.1, -0.05) is 50.5 Å². The van der Waals surface area contributed by atoms with Crippen molar-refractivity contribution in [1.29, 1.82) is 0 Å². The molecule has 0 amide bonds. The normalized spacial score (nSPS) is 18.4. The Morgan fingerprint density at radius 2 is 1.87 bits per heavy atom. The van der Waals surface area contributed by atoms with Crippen LogP contribution in [0.4, 0.5) is 0 Å². The molecule has 2 rings (SSSR count).